The van der Waals surface area contributed by atoms with Crippen molar-refractivity contribution in [2.45, 2.75) is 26.4 Å². The van der Waals surface area contributed by atoms with E-state index in [1.165, 1.54) is 36.1 Å². The monoisotopic (exact) mass is 395 g/mol. The van der Waals surface area contributed by atoms with Crippen LogP contribution in [-0.2, 0) is 0 Å². The van der Waals surface area contributed by atoms with Gasteiger partial charge in [0.15, 0.2) is 17.9 Å². The lowest BCUT2D eigenvalue weighted by molar-refractivity contribution is -0.0882. The quantitative estimate of drug-likeness (QED) is 0.600. The van der Waals surface area contributed by atoms with Gasteiger partial charge in [-0.05, 0) is 37.6 Å². The van der Waals surface area contributed by atoms with Gasteiger partial charge >= 0.3 is 12.2 Å². The van der Waals surface area contributed by atoms with Crippen LogP contribution in [0, 0.1) is 0 Å². The van der Waals surface area contributed by atoms with Crippen molar-refractivity contribution in [3.63, 3.8) is 0 Å². The maximum absolute atomic E-state index is 13.0. The zero-order chi connectivity index (χ0) is 20.7. The number of rotatable bonds is 5. The van der Waals surface area contributed by atoms with Gasteiger partial charge in [-0.3, -0.25) is 9.69 Å². The molecule has 150 valence electrons. The summed E-state index contributed by atoms with van der Waals surface area (Å²) in [6, 6.07) is 2.41. The minimum Gasteiger partial charge on any atom is -0.488 e. The number of aldehydes is 1. The van der Waals surface area contributed by atoms with Gasteiger partial charge in [0.05, 0.1) is 12.1 Å². The summed E-state index contributed by atoms with van der Waals surface area (Å²) in [7, 11) is 0. The molecule has 2 amide bonds. The van der Waals surface area contributed by atoms with Crippen LogP contribution >= 0.6 is 0 Å². The van der Waals surface area contributed by atoms with E-state index in [-0.39, 0.29) is 30.4 Å². The molecule has 0 fully saturated rings. The van der Waals surface area contributed by atoms with Crippen molar-refractivity contribution < 1.29 is 27.5 Å². The summed E-state index contributed by atoms with van der Waals surface area (Å²) >= 11 is 0. The second kappa shape index (κ2) is 9.20. The van der Waals surface area contributed by atoms with Crippen molar-refractivity contribution in [1.29, 1.82) is 0 Å². The number of carbonyl (C=O) groups excluding carboxylic acids is 2. The number of anilines is 1. The third-order valence-corrected chi connectivity index (χ3v) is 3.73. The van der Waals surface area contributed by atoms with Crippen molar-refractivity contribution in [2.24, 2.45) is 0 Å². The molecule has 6 nitrogen and oxygen atoms in total. The summed E-state index contributed by atoms with van der Waals surface area (Å²) in [5.41, 5.74) is -0.469. The highest BCUT2D eigenvalue weighted by atomic mass is 19.4. The Kier molecular flexibility index (Phi) is 6.97. The lowest BCUT2D eigenvalue weighted by atomic mass is 10.2. The van der Waals surface area contributed by atoms with Crippen LogP contribution in [0.5, 0.6) is 5.75 Å². The van der Waals surface area contributed by atoms with Gasteiger partial charge in [0, 0.05) is 5.70 Å². The van der Waals surface area contributed by atoms with Gasteiger partial charge in [0.25, 0.3) is 0 Å². The number of ether oxygens (including phenoxy) is 1. The van der Waals surface area contributed by atoms with E-state index in [4.69, 9.17) is 4.74 Å². The number of nitrogens with zero attached hydrogens (tertiary/aromatic N) is 2. The summed E-state index contributed by atoms with van der Waals surface area (Å²) in [5, 5.41) is 2.52. The van der Waals surface area contributed by atoms with Crippen LogP contribution in [0.3, 0.4) is 0 Å². The second-order valence-corrected chi connectivity index (χ2v) is 5.89. The van der Waals surface area contributed by atoms with Gasteiger partial charge in [-0.15, -0.1) is 0 Å². The zero-order valence-corrected chi connectivity index (χ0v) is 15.4. The molecule has 0 radical (unpaired) electrons. The number of fused-ring (bicyclic) bond motifs is 1. The molecule has 1 aliphatic heterocycles. The molecule has 0 spiro atoms. The maximum atomic E-state index is 13.0. The molecule has 1 aliphatic rings. The standard InChI is InChI=1S/C19H20F3N3O3/c1-3-4-5-14(19(20,21)22)7-6-13(2)23-18(27)25-10-11-28-16-9-8-15(12-26)24-17(16)25/h4-9,12H,3,10-11H2,1-2H3,(H,23,27)/b5-4+,13-6+,14-7+. The Balaban J connectivity index is 2.19. The van der Waals surface area contributed by atoms with Crippen molar-refractivity contribution >= 4 is 18.1 Å². The molecule has 9 heteroatoms. The molecule has 2 heterocycles. The second-order valence-electron chi connectivity index (χ2n) is 5.89. The maximum Gasteiger partial charge on any atom is 0.416 e. The lowest BCUT2D eigenvalue weighted by Crippen LogP contribution is -2.44. The Bertz CT molecular complexity index is 829. The summed E-state index contributed by atoms with van der Waals surface area (Å²) in [6.07, 6.45) is 0.999. The Hall–Kier alpha value is -3.10. The number of carbonyl (C=O) groups is 2. The van der Waals surface area contributed by atoms with Crippen molar-refractivity contribution in [1.82, 2.24) is 10.3 Å². The average molecular weight is 395 g/mol. The highest BCUT2D eigenvalue weighted by molar-refractivity contribution is 5.94. The minimum atomic E-state index is -4.50. The Morgan fingerprint density at radius 2 is 2.11 bits per heavy atom. The molecular weight excluding hydrogens is 375 g/mol. The summed E-state index contributed by atoms with van der Waals surface area (Å²) in [6.45, 7) is 3.62. The number of pyridine rings is 1. The number of urea groups is 1. The summed E-state index contributed by atoms with van der Waals surface area (Å²) in [4.78, 5) is 28.8. The molecule has 0 aliphatic carbocycles. The Morgan fingerprint density at radius 3 is 2.75 bits per heavy atom. The van der Waals surface area contributed by atoms with Gasteiger partial charge in [0.1, 0.15) is 12.3 Å². The van der Waals surface area contributed by atoms with Crippen LogP contribution in [0.15, 0.2) is 47.7 Å². The number of aromatic nitrogens is 1. The van der Waals surface area contributed by atoms with E-state index in [0.29, 0.717) is 18.5 Å². The van der Waals surface area contributed by atoms with Crippen LogP contribution in [0.2, 0.25) is 0 Å². The highest BCUT2D eigenvalue weighted by Gasteiger charge is 2.31. The van der Waals surface area contributed by atoms with E-state index in [2.05, 4.69) is 10.3 Å². The van der Waals surface area contributed by atoms with E-state index in [9.17, 15) is 22.8 Å². The van der Waals surface area contributed by atoms with Crippen molar-refractivity contribution in [3.05, 3.63) is 53.4 Å². The van der Waals surface area contributed by atoms with Gasteiger partial charge in [-0.1, -0.05) is 19.1 Å². The lowest BCUT2D eigenvalue weighted by Gasteiger charge is -2.28. The predicted molar refractivity (Wildman–Crippen MR) is 98.3 cm³/mol. The molecule has 1 aromatic heterocycles. The molecule has 0 bridgehead atoms. The molecule has 0 saturated carbocycles. The Labute approximate surface area is 160 Å². The molecule has 0 atom stereocenters. The summed E-state index contributed by atoms with van der Waals surface area (Å²) in [5.74, 6) is 0.524. The predicted octanol–water partition coefficient (Wildman–Crippen LogP) is 4.16. The van der Waals surface area contributed by atoms with Gasteiger partial charge in [-0.2, -0.15) is 13.2 Å². The third-order valence-electron chi connectivity index (χ3n) is 3.73. The fourth-order valence-corrected chi connectivity index (χ4v) is 2.35. The average Bonchev–Trinajstić information content (AvgIpc) is 2.65. The van der Waals surface area contributed by atoms with Crippen molar-refractivity contribution in [2.75, 3.05) is 18.1 Å². The van der Waals surface area contributed by atoms with Crippen molar-refractivity contribution in [3.8, 4) is 5.75 Å². The molecule has 2 rings (SSSR count). The normalized spacial score (nSPS) is 15.2. The molecular formula is C19H20F3N3O3. The molecule has 0 saturated heterocycles. The van der Waals surface area contributed by atoms with Crippen LogP contribution in [0.25, 0.3) is 0 Å². The number of allylic oxidation sites excluding steroid dienone is 6. The van der Waals surface area contributed by atoms with Crippen LogP contribution in [-0.4, -0.2) is 36.6 Å². The van der Waals surface area contributed by atoms with Gasteiger partial charge < -0.3 is 10.1 Å². The third kappa shape index (κ3) is 5.45. The fourth-order valence-electron chi connectivity index (χ4n) is 2.35. The fraction of sp³-hybridized carbons (Fsp3) is 0.316. The first kappa shape index (κ1) is 21.2. The van der Waals surface area contributed by atoms with E-state index in [1.807, 2.05) is 0 Å². The number of halogens is 3. The number of nitrogens with one attached hydrogen (secondary N) is 1. The van der Waals surface area contributed by atoms with Crippen LogP contribution in [0.4, 0.5) is 23.8 Å². The number of amides is 2. The SMILES string of the molecule is CC/C=C/C(=C\C=C(/C)NC(=O)N1CCOc2ccc(C=O)nc21)C(F)(F)F. The first-order valence-electron chi connectivity index (χ1n) is 8.56. The summed E-state index contributed by atoms with van der Waals surface area (Å²) < 4.78 is 44.4. The van der Waals surface area contributed by atoms with Crippen LogP contribution < -0.4 is 15.0 Å². The van der Waals surface area contributed by atoms with Crippen LogP contribution in [0.1, 0.15) is 30.8 Å². The van der Waals surface area contributed by atoms with E-state index >= 15 is 0 Å². The molecule has 28 heavy (non-hydrogen) atoms. The highest BCUT2D eigenvalue weighted by Crippen LogP contribution is 2.29. The van der Waals surface area contributed by atoms with Gasteiger partial charge in [-0.25, -0.2) is 9.78 Å². The first-order chi connectivity index (χ1) is 13.3. The number of alkyl halides is 3. The largest absolute Gasteiger partial charge is 0.488 e. The number of hydrogen-bond acceptors (Lipinski definition) is 4. The Morgan fingerprint density at radius 1 is 1.36 bits per heavy atom. The topological polar surface area (TPSA) is 71.5 Å². The smallest absolute Gasteiger partial charge is 0.416 e. The molecule has 1 aromatic rings. The number of hydrogen-bond donors (Lipinski definition) is 1. The molecule has 1 N–H and O–H groups in total. The van der Waals surface area contributed by atoms with E-state index in [1.54, 1.807) is 6.92 Å². The van der Waals surface area contributed by atoms with Gasteiger partial charge in [0.2, 0.25) is 0 Å². The van der Waals surface area contributed by atoms with E-state index < -0.39 is 17.8 Å². The first-order valence-corrected chi connectivity index (χ1v) is 8.56. The molecule has 0 unspecified atom stereocenters. The minimum absolute atomic E-state index is 0.134. The molecule has 0 aromatic carbocycles. The van der Waals surface area contributed by atoms with E-state index in [0.717, 1.165) is 12.2 Å². The zero-order valence-electron chi connectivity index (χ0n) is 15.4.